The van der Waals surface area contributed by atoms with E-state index in [-0.39, 0.29) is 5.91 Å². The number of hydrogen-bond donors (Lipinski definition) is 2. The topological polar surface area (TPSA) is 54.3 Å². The van der Waals surface area contributed by atoms with Crippen molar-refractivity contribution in [2.75, 3.05) is 0 Å². The summed E-state index contributed by atoms with van der Waals surface area (Å²) in [6, 6.07) is 9.23. The van der Waals surface area contributed by atoms with Crippen molar-refractivity contribution in [2.24, 2.45) is 0 Å². The van der Waals surface area contributed by atoms with Crippen LogP contribution in [0.5, 0.6) is 0 Å². The maximum Gasteiger partial charge on any atom is 0.250 e. The van der Waals surface area contributed by atoms with Crippen LogP contribution in [0.1, 0.15) is 31.4 Å². The number of amides is 1. The molecule has 0 aliphatic heterocycles. The normalized spacial score (nSPS) is 14.7. The molecule has 0 unspecified atom stereocenters. The van der Waals surface area contributed by atoms with Crippen molar-refractivity contribution >= 4 is 52.5 Å². The number of nitrogens with one attached hydrogen (secondary N) is 2. The molecule has 2 N–H and O–H groups in total. The summed E-state index contributed by atoms with van der Waals surface area (Å²) in [6.07, 6.45) is 7.54. The Balaban J connectivity index is 1.58. The van der Waals surface area contributed by atoms with Gasteiger partial charge in [0.05, 0.1) is 10.0 Å². The second kappa shape index (κ2) is 8.71. The molecule has 1 aromatic carbocycles. The third-order valence-electron chi connectivity index (χ3n) is 4.17. The number of carbonyl (C=O) groups excluding carboxylic acids is 1. The Hall–Kier alpha value is -1.82. The van der Waals surface area contributed by atoms with E-state index >= 15 is 0 Å². The van der Waals surface area contributed by atoms with Gasteiger partial charge in [-0.2, -0.15) is 0 Å². The summed E-state index contributed by atoms with van der Waals surface area (Å²) < 4.78 is 5.71. The molecule has 1 amide bonds. The number of hydrogen-bond acceptors (Lipinski definition) is 3. The van der Waals surface area contributed by atoms with Crippen molar-refractivity contribution in [2.45, 2.75) is 31.7 Å². The van der Waals surface area contributed by atoms with E-state index in [2.05, 4.69) is 10.6 Å². The number of halogens is 2. The van der Waals surface area contributed by atoms with Gasteiger partial charge in [-0.3, -0.25) is 10.1 Å². The van der Waals surface area contributed by atoms with Gasteiger partial charge in [-0.05, 0) is 55.4 Å². The molecule has 2 aromatic rings. The van der Waals surface area contributed by atoms with E-state index in [1.165, 1.54) is 18.9 Å². The average Bonchev–Trinajstić information content (AvgIpc) is 3.27. The van der Waals surface area contributed by atoms with Gasteiger partial charge in [-0.25, -0.2) is 0 Å². The van der Waals surface area contributed by atoms with Crippen LogP contribution >= 0.6 is 35.4 Å². The van der Waals surface area contributed by atoms with Gasteiger partial charge in [0, 0.05) is 17.7 Å². The van der Waals surface area contributed by atoms with Crippen LogP contribution in [-0.2, 0) is 4.79 Å². The van der Waals surface area contributed by atoms with Crippen molar-refractivity contribution < 1.29 is 9.21 Å². The van der Waals surface area contributed by atoms with Crippen LogP contribution in [-0.4, -0.2) is 17.1 Å². The first kappa shape index (κ1) is 19.0. The molecule has 0 spiro atoms. The average molecular weight is 409 g/mol. The van der Waals surface area contributed by atoms with E-state index in [9.17, 15) is 4.79 Å². The highest BCUT2D eigenvalue weighted by Crippen LogP contribution is 2.34. The number of rotatable bonds is 4. The van der Waals surface area contributed by atoms with Crippen molar-refractivity contribution in [3.8, 4) is 11.3 Å². The molecular formula is C19H18Cl2N2O2S. The molecular weight excluding hydrogens is 391 g/mol. The summed E-state index contributed by atoms with van der Waals surface area (Å²) in [4.78, 5) is 12.0. The molecule has 3 rings (SSSR count). The largest absolute Gasteiger partial charge is 0.457 e. The molecule has 136 valence electrons. The lowest BCUT2D eigenvalue weighted by atomic mass is 10.2. The van der Waals surface area contributed by atoms with Gasteiger partial charge in [-0.1, -0.05) is 42.1 Å². The SMILES string of the molecule is O=C(/C=C/c1ccc(-c2cccc(Cl)c2Cl)o1)NC(=S)NC1CCCC1. The number of furan rings is 1. The zero-order chi connectivity index (χ0) is 18.5. The number of carbonyl (C=O) groups is 1. The van der Waals surface area contributed by atoms with Gasteiger partial charge in [-0.15, -0.1) is 0 Å². The lowest BCUT2D eigenvalue weighted by molar-refractivity contribution is -0.115. The molecule has 0 radical (unpaired) electrons. The molecule has 1 heterocycles. The fourth-order valence-corrected chi connectivity index (χ4v) is 3.55. The van der Waals surface area contributed by atoms with Gasteiger partial charge in [0.1, 0.15) is 11.5 Å². The first-order valence-electron chi connectivity index (χ1n) is 8.37. The van der Waals surface area contributed by atoms with Gasteiger partial charge in [0.15, 0.2) is 5.11 Å². The third kappa shape index (κ3) is 4.87. The van der Waals surface area contributed by atoms with Crippen LogP contribution in [0.3, 0.4) is 0 Å². The highest BCUT2D eigenvalue weighted by atomic mass is 35.5. The molecule has 4 nitrogen and oxygen atoms in total. The van der Waals surface area contributed by atoms with Gasteiger partial charge in [0.25, 0.3) is 0 Å². The van der Waals surface area contributed by atoms with Crippen LogP contribution in [0.4, 0.5) is 0 Å². The first-order chi connectivity index (χ1) is 12.5. The van der Waals surface area contributed by atoms with Gasteiger partial charge in [0.2, 0.25) is 5.91 Å². The van der Waals surface area contributed by atoms with E-state index in [1.807, 2.05) is 6.07 Å². The standard InChI is InChI=1S/C19H18Cl2N2O2S/c20-15-7-3-6-14(18(15)21)16-10-8-13(25-16)9-11-17(24)23-19(26)22-12-4-1-2-5-12/h3,6-12H,1-2,4-5H2,(H2,22,23,24,26)/b11-9+. The van der Waals surface area contributed by atoms with Gasteiger partial charge < -0.3 is 9.73 Å². The zero-order valence-corrected chi connectivity index (χ0v) is 16.3. The Morgan fingerprint density at radius 3 is 2.73 bits per heavy atom. The van der Waals surface area contributed by atoms with Crippen LogP contribution in [0, 0.1) is 0 Å². The first-order valence-corrected chi connectivity index (χ1v) is 9.53. The van der Waals surface area contributed by atoms with Crippen LogP contribution in [0.15, 0.2) is 40.8 Å². The molecule has 1 aliphatic carbocycles. The summed E-state index contributed by atoms with van der Waals surface area (Å²) in [5.41, 5.74) is 0.699. The highest BCUT2D eigenvalue weighted by Gasteiger charge is 2.16. The van der Waals surface area contributed by atoms with Crippen LogP contribution in [0.25, 0.3) is 17.4 Å². The van der Waals surface area contributed by atoms with E-state index < -0.39 is 0 Å². The fourth-order valence-electron chi connectivity index (χ4n) is 2.88. The molecule has 7 heteroatoms. The highest BCUT2D eigenvalue weighted by molar-refractivity contribution is 7.80. The van der Waals surface area contributed by atoms with E-state index in [1.54, 1.807) is 30.3 Å². The van der Waals surface area contributed by atoms with E-state index in [4.69, 9.17) is 39.8 Å². The molecule has 0 atom stereocenters. The van der Waals surface area contributed by atoms with Crippen LogP contribution < -0.4 is 10.6 Å². The third-order valence-corrected chi connectivity index (χ3v) is 5.21. The second-order valence-electron chi connectivity index (χ2n) is 6.08. The fraction of sp³-hybridized carbons (Fsp3) is 0.263. The predicted octanol–water partition coefficient (Wildman–Crippen LogP) is 5.20. The van der Waals surface area contributed by atoms with Crippen molar-refractivity contribution in [3.63, 3.8) is 0 Å². The van der Waals surface area contributed by atoms with Gasteiger partial charge >= 0.3 is 0 Å². The van der Waals surface area contributed by atoms with Crippen LogP contribution in [0.2, 0.25) is 10.0 Å². The minimum atomic E-state index is -0.306. The maximum absolute atomic E-state index is 12.0. The molecule has 0 bridgehead atoms. The summed E-state index contributed by atoms with van der Waals surface area (Å²) >= 11 is 17.4. The summed E-state index contributed by atoms with van der Waals surface area (Å²) in [6.45, 7) is 0. The lowest BCUT2D eigenvalue weighted by Gasteiger charge is -2.13. The molecule has 1 saturated carbocycles. The quantitative estimate of drug-likeness (QED) is 0.539. The lowest BCUT2D eigenvalue weighted by Crippen LogP contribution is -2.42. The van der Waals surface area contributed by atoms with Crippen molar-refractivity contribution in [1.82, 2.24) is 10.6 Å². The monoisotopic (exact) mass is 408 g/mol. The molecule has 1 fully saturated rings. The Bertz CT molecular complexity index is 842. The Morgan fingerprint density at radius 1 is 1.19 bits per heavy atom. The predicted molar refractivity (Wildman–Crippen MR) is 109 cm³/mol. The smallest absolute Gasteiger partial charge is 0.250 e. The summed E-state index contributed by atoms with van der Waals surface area (Å²) in [5, 5.41) is 7.05. The minimum Gasteiger partial charge on any atom is -0.457 e. The van der Waals surface area contributed by atoms with E-state index in [0.29, 0.717) is 38.3 Å². The summed E-state index contributed by atoms with van der Waals surface area (Å²) in [7, 11) is 0. The molecule has 0 saturated heterocycles. The Kier molecular flexibility index (Phi) is 6.35. The minimum absolute atomic E-state index is 0.306. The van der Waals surface area contributed by atoms with Crippen molar-refractivity contribution in [3.05, 3.63) is 52.2 Å². The molecule has 1 aliphatic rings. The van der Waals surface area contributed by atoms with Crippen molar-refractivity contribution in [1.29, 1.82) is 0 Å². The summed E-state index contributed by atoms with van der Waals surface area (Å²) in [5.74, 6) is 0.802. The second-order valence-corrected chi connectivity index (χ2v) is 7.27. The number of thiocarbonyl (C=S) groups is 1. The number of benzene rings is 1. The molecule has 26 heavy (non-hydrogen) atoms. The molecule has 1 aromatic heterocycles. The Labute approximate surface area is 167 Å². The Morgan fingerprint density at radius 2 is 1.96 bits per heavy atom. The van der Waals surface area contributed by atoms with E-state index in [0.717, 1.165) is 12.8 Å². The zero-order valence-electron chi connectivity index (χ0n) is 13.9. The maximum atomic E-state index is 12.0.